The van der Waals surface area contributed by atoms with E-state index in [1.807, 2.05) is 61.6 Å². The molecule has 3 aromatic carbocycles. The molecule has 0 aliphatic rings. The van der Waals surface area contributed by atoms with Crippen molar-refractivity contribution in [2.45, 2.75) is 13.2 Å². The Bertz CT molecular complexity index is 931. The molecule has 150 valence electrons. The van der Waals surface area contributed by atoms with E-state index in [9.17, 15) is 13.6 Å². The van der Waals surface area contributed by atoms with Crippen molar-refractivity contribution >= 4 is 11.6 Å². The zero-order valence-electron chi connectivity index (χ0n) is 16.1. The third-order valence-electron chi connectivity index (χ3n) is 4.40. The Kier molecular flexibility index (Phi) is 6.92. The molecule has 2 N–H and O–H groups in total. The number of ether oxygens (including phenoxy) is 1. The fraction of sp³-hybridized carbons (Fsp3) is 0.174. The second-order valence-electron chi connectivity index (χ2n) is 6.79. The molecule has 0 aliphatic heterocycles. The number of carbonyl (C=O) groups is 1. The monoisotopic (exact) mass is 397 g/mol. The number of rotatable bonds is 8. The molecule has 1 amide bonds. The number of alkyl halides is 2. The Morgan fingerprint density at radius 2 is 1.62 bits per heavy atom. The minimum absolute atomic E-state index is 0.0939. The van der Waals surface area contributed by atoms with Crippen LogP contribution in [-0.2, 0) is 11.3 Å². The van der Waals surface area contributed by atoms with Gasteiger partial charge in [0, 0.05) is 16.8 Å². The molecule has 0 bridgehead atoms. The van der Waals surface area contributed by atoms with Gasteiger partial charge in [-0.15, -0.1) is 0 Å². The van der Waals surface area contributed by atoms with Gasteiger partial charge in [0.2, 0.25) is 0 Å². The van der Waals surface area contributed by atoms with Crippen LogP contribution in [0.5, 0.6) is 5.75 Å². The van der Waals surface area contributed by atoms with Gasteiger partial charge in [-0.1, -0.05) is 48.5 Å². The van der Waals surface area contributed by atoms with Gasteiger partial charge in [0.1, 0.15) is 12.3 Å². The molecule has 6 heteroatoms. The number of benzene rings is 3. The Morgan fingerprint density at radius 1 is 0.966 bits per heavy atom. The fourth-order valence-electron chi connectivity index (χ4n) is 3.13. The van der Waals surface area contributed by atoms with E-state index in [1.54, 1.807) is 12.1 Å². The first-order chi connectivity index (χ1) is 14.0. The number of anilines is 1. The molecule has 0 spiro atoms. The molecule has 1 atom stereocenters. The van der Waals surface area contributed by atoms with E-state index in [0.29, 0.717) is 6.54 Å². The van der Waals surface area contributed by atoms with Crippen molar-refractivity contribution in [2.24, 2.45) is 0 Å². The van der Waals surface area contributed by atoms with Crippen LogP contribution in [0, 0.1) is 0 Å². The van der Waals surface area contributed by atoms with Crippen LogP contribution in [0.4, 0.5) is 14.5 Å². The van der Waals surface area contributed by atoms with E-state index in [0.717, 1.165) is 27.3 Å². The first kappa shape index (κ1) is 20.5. The summed E-state index contributed by atoms with van der Waals surface area (Å²) in [5.41, 5.74) is 3.70. The topological polar surface area (TPSA) is 42.8 Å². The molecular formula is C23H23F2N2O2+. The number of halogens is 2. The molecule has 0 radical (unpaired) electrons. The largest absolute Gasteiger partial charge is 0.435 e. The summed E-state index contributed by atoms with van der Waals surface area (Å²) in [6.45, 7) is -1.97. The third-order valence-corrected chi connectivity index (χ3v) is 4.40. The van der Waals surface area contributed by atoms with E-state index in [2.05, 4.69) is 10.1 Å². The maximum Gasteiger partial charge on any atom is 0.387 e. The van der Waals surface area contributed by atoms with E-state index < -0.39 is 6.61 Å². The molecule has 3 aromatic rings. The Labute approximate surface area is 168 Å². The van der Waals surface area contributed by atoms with Crippen LogP contribution in [-0.4, -0.2) is 26.1 Å². The summed E-state index contributed by atoms with van der Waals surface area (Å²) < 4.78 is 28.8. The van der Waals surface area contributed by atoms with Crippen LogP contribution >= 0.6 is 0 Å². The molecule has 3 rings (SSSR count). The smallest absolute Gasteiger partial charge is 0.387 e. The minimum atomic E-state index is -2.84. The van der Waals surface area contributed by atoms with Crippen LogP contribution < -0.4 is 15.0 Å². The standard InChI is InChI=1S/C23H22F2N2O2/c1-27(15-17-11-13-19(14-12-17)29-23(24)25)16-22(28)26-21-10-6-5-9-20(21)18-7-3-2-4-8-18/h2-14,23H,15-16H2,1H3,(H,26,28)/p+1. The van der Waals surface area contributed by atoms with Gasteiger partial charge in [-0.2, -0.15) is 8.78 Å². The number of hydrogen-bond donors (Lipinski definition) is 2. The second-order valence-corrected chi connectivity index (χ2v) is 6.79. The highest BCUT2D eigenvalue weighted by molar-refractivity contribution is 5.96. The molecule has 0 saturated heterocycles. The zero-order chi connectivity index (χ0) is 20.6. The fourth-order valence-corrected chi connectivity index (χ4v) is 3.13. The molecule has 0 aromatic heterocycles. The lowest BCUT2D eigenvalue weighted by Crippen LogP contribution is -3.08. The lowest BCUT2D eigenvalue weighted by molar-refractivity contribution is -0.885. The van der Waals surface area contributed by atoms with Gasteiger partial charge < -0.3 is 15.0 Å². The number of carbonyl (C=O) groups excluding carboxylic acids is 1. The van der Waals surface area contributed by atoms with Gasteiger partial charge in [0.05, 0.1) is 7.05 Å². The summed E-state index contributed by atoms with van der Waals surface area (Å²) >= 11 is 0. The maximum atomic E-state index is 12.5. The average molecular weight is 397 g/mol. The predicted molar refractivity (Wildman–Crippen MR) is 109 cm³/mol. The van der Waals surface area contributed by atoms with Gasteiger partial charge in [-0.25, -0.2) is 0 Å². The summed E-state index contributed by atoms with van der Waals surface area (Å²) in [4.78, 5) is 13.5. The maximum absolute atomic E-state index is 12.5. The summed E-state index contributed by atoms with van der Waals surface area (Å²) in [5.74, 6) is 0.0280. The number of amides is 1. The normalized spacial score (nSPS) is 11.9. The SMILES string of the molecule is C[NH+](CC(=O)Nc1ccccc1-c1ccccc1)Cc1ccc(OC(F)F)cc1. The zero-order valence-corrected chi connectivity index (χ0v) is 16.1. The van der Waals surface area contributed by atoms with E-state index in [-0.39, 0.29) is 18.2 Å². The predicted octanol–water partition coefficient (Wildman–Crippen LogP) is 3.61. The van der Waals surface area contributed by atoms with Gasteiger partial charge >= 0.3 is 6.61 Å². The first-order valence-corrected chi connectivity index (χ1v) is 9.30. The van der Waals surface area contributed by atoms with Crippen LogP contribution in [0.15, 0.2) is 78.9 Å². The van der Waals surface area contributed by atoms with E-state index in [4.69, 9.17) is 0 Å². The molecule has 0 aliphatic carbocycles. The van der Waals surface area contributed by atoms with Crippen LogP contribution in [0.2, 0.25) is 0 Å². The Balaban J connectivity index is 1.58. The molecule has 29 heavy (non-hydrogen) atoms. The summed E-state index contributed by atoms with van der Waals surface area (Å²) in [5, 5.41) is 2.99. The van der Waals surface area contributed by atoms with Crippen molar-refractivity contribution < 1.29 is 23.2 Å². The first-order valence-electron chi connectivity index (χ1n) is 9.30. The molecule has 0 saturated carbocycles. The number of hydrogen-bond acceptors (Lipinski definition) is 2. The Morgan fingerprint density at radius 3 is 2.31 bits per heavy atom. The lowest BCUT2D eigenvalue weighted by atomic mass is 10.0. The summed E-state index contributed by atoms with van der Waals surface area (Å²) in [6, 6.07) is 24.0. The van der Waals surface area contributed by atoms with Gasteiger partial charge in [0.25, 0.3) is 5.91 Å². The molecule has 0 heterocycles. The van der Waals surface area contributed by atoms with Crippen molar-refractivity contribution in [3.05, 3.63) is 84.4 Å². The van der Waals surface area contributed by atoms with Crippen molar-refractivity contribution in [3.63, 3.8) is 0 Å². The van der Waals surface area contributed by atoms with Gasteiger partial charge in [-0.05, 0) is 35.9 Å². The molecule has 0 fully saturated rings. The molecular weight excluding hydrogens is 374 g/mol. The van der Waals surface area contributed by atoms with E-state index in [1.165, 1.54) is 12.1 Å². The van der Waals surface area contributed by atoms with Crippen molar-refractivity contribution in [1.29, 1.82) is 0 Å². The number of likely N-dealkylation sites (N-methyl/N-ethyl adjacent to an activating group) is 1. The Hall–Kier alpha value is -3.25. The summed E-state index contributed by atoms with van der Waals surface area (Å²) in [6.07, 6.45) is 0. The highest BCUT2D eigenvalue weighted by Gasteiger charge is 2.13. The summed E-state index contributed by atoms with van der Waals surface area (Å²) in [7, 11) is 1.91. The van der Waals surface area contributed by atoms with Crippen molar-refractivity contribution in [3.8, 4) is 16.9 Å². The average Bonchev–Trinajstić information content (AvgIpc) is 2.70. The third kappa shape index (κ3) is 6.12. The van der Waals surface area contributed by atoms with Crippen molar-refractivity contribution in [1.82, 2.24) is 0 Å². The van der Waals surface area contributed by atoms with Gasteiger partial charge in [-0.3, -0.25) is 4.79 Å². The highest BCUT2D eigenvalue weighted by Crippen LogP contribution is 2.27. The quantitative estimate of drug-likeness (QED) is 0.610. The minimum Gasteiger partial charge on any atom is -0.435 e. The second kappa shape index (κ2) is 9.80. The number of quaternary nitrogens is 1. The van der Waals surface area contributed by atoms with E-state index >= 15 is 0 Å². The lowest BCUT2D eigenvalue weighted by Gasteiger charge is -2.16. The molecule has 4 nitrogen and oxygen atoms in total. The number of para-hydroxylation sites is 1. The molecule has 1 unspecified atom stereocenters. The van der Waals surface area contributed by atoms with Crippen molar-refractivity contribution in [2.75, 3.05) is 18.9 Å². The van der Waals surface area contributed by atoms with Crippen LogP contribution in [0.1, 0.15) is 5.56 Å². The highest BCUT2D eigenvalue weighted by atomic mass is 19.3. The number of nitrogens with one attached hydrogen (secondary N) is 2. The van der Waals surface area contributed by atoms with Gasteiger partial charge in [0.15, 0.2) is 6.54 Å². The van der Waals surface area contributed by atoms with Crippen LogP contribution in [0.25, 0.3) is 11.1 Å². The van der Waals surface area contributed by atoms with Crippen LogP contribution in [0.3, 0.4) is 0 Å².